The van der Waals surface area contributed by atoms with Crippen molar-refractivity contribution < 1.29 is 9.53 Å². The van der Waals surface area contributed by atoms with Gasteiger partial charge >= 0.3 is 0 Å². The quantitative estimate of drug-likeness (QED) is 0.794. The van der Waals surface area contributed by atoms with E-state index in [4.69, 9.17) is 4.74 Å². The number of methoxy groups -OCH3 is 1. The minimum atomic E-state index is 0.131. The third kappa shape index (κ3) is 3.49. The Balaban J connectivity index is 1.34. The standard InChI is InChI=1S/C21H27N5O2/c1-16-4-5-18(12-20(16)28-3)24-8-10-25(11-9-24)21(27)15-26-14-17-6-7-22-13-19(17)23(26)2/h4-7,12-14,19H,8-11,15H2,1-3H3. The van der Waals surface area contributed by atoms with Crippen LogP contribution in [0, 0.1) is 6.92 Å². The molecule has 1 aromatic rings. The van der Waals surface area contributed by atoms with Gasteiger partial charge in [0.15, 0.2) is 0 Å². The summed E-state index contributed by atoms with van der Waals surface area (Å²) in [5.41, 5.74) is 3.45. The van der Waals surface area contributed by atoms with Crippen molar-refractivity contribution in [2.75, 3.05) is 51.8 Å². The van der Waals surface area contributed by atoms with Gasteiger partial charge in [-0.3, -0.25) is 9.79 Å². The molecule has 3 aliphatic heterocycles. The van der Waals surface area contributed by atoms with E-state index in [9.17, 15) is 4.79 Å². The van der Waals surface area contributed by atoms with Crippen LogP contribution < -0.4 is 9.64 Å². The van der Waals surface area contributed by atoms with E-state index < -0.39 is 0 Å². The summed E-state index contributed by atoms with van der Waals surface area (Å²) in [6.45, 7) is 5.51. The van der Waals surface area contributed by atoms with E-state index in [2.05, 4.69) is 33.1 Å². The van der Waals surface area contributed by atoms with E-state index >= 15 is 0 Å². The molecule has 0 spiro atoms. The van der Waals surface area contributed by atoms with Gasteiger partial charge in [0.25, 0.3) is 0 Å². The van der Waals surface area contributed by atoms with E-state index in [-0.39, 0.29) is 11.9 Å². The molecule has 0 aliphatic carbocycles. The molecule has 148 valence electrons. The number of fused-ring (bicyclic) bond motifs is 1. The molecule has 7 heteroatoms. The van der Waals surface area contributed by atoms with Gasteiger partial charge < -0.3 is 19.5 Å². The first-order valence-electron chi connectivity index (χ1n) is 9.65. The lowest BCUT2D eigenvalue weighted by Gasteiger charge is -2.37. The molecule has 0 aromatic heterocycles. The van der Waals surface area contributed by atoms with Gasteiger partial charge in [0.1, 0.15) is 12.3 Å². The first-order chi connectivity index (χ1) is 13.6. The maximum atomic E-state index is 12.8. The smallest absolute Gasteiger partial charge is 0.243 e. The van der Waals surface area contributed by atoms with Gasteiger partial charge in [0.2, 0.25) is 5.91 Å². The molecule has 1 unspecified atom stereocenters. The highest BCUT2D eigenvalue weighted by Gasteiger charge is 2.31. The Morgan fingerprint density at radius 3 is 2.75 bits per heavy atom. The van der Waals surface area contributed by atoms with Gasteiger partial charge in [-0.1, -0.05) is 6.07 Å². The fraction of sp³-hybridized carbons (Fsp3) is 0.429. The third-order valence-corrected chi connectivity index (χ3v) is 5.71. The zero-order valence-corrected chi connectivity index (χ0v) is 16.7. The molecule has 1 aromatic carbocycles. The van der Waals surface area contributed by atoms with Crippen LogP contribution in [0.1, 0.15) is 5.56 Å². The lowest BCUT2D eigenvalue weighted by Crippen LogP contribution is -2.52. The number of likely N-dealkylation sites (N-methyl/N-ethyl adjacent to an activating group) is 1. The zero-order chi connectivity index (χ0) is 19.7. The van der Waals surface area contributed by atoms with Crippen LogP contribution >= 0.6 is 0 Å². The maximum absolute atomic E-state index is 12.8. The molecule has 0 N–H and O–H groups in total. The van der Waals surface area contributed by atoms with E-state index in [1.807, 2.05) is 42.4 Å². The number of anilines is 1. The Hall–Kier alpha value is -2.80. The summed E-state index contributed by atoms with van der Waals surface area (Å²) >= 11 is 0. The molecule has 4 rings (SSSR count). The van der Waals surface area contributed by atoms with Crippen LogP contribution in [0.2, 0.25) is 0 Å². The number of rotatable bonds is 4. The molecule has 0 radical (unpaired) electrons. The Bertz CT molecular complexity index is 839. The number of amides is 1. The monoisotopic (exact) mass is 381 g/mol. The maximum Gasteiger partial charge on any atom is 0.243 e. The highest BCUT2D eigenvalue weighted by Crippen LogP contribution is 2.26. The van der Waals surface area contributed by atoms with Crippen LogP contribution in [0.5, 0.6) is 5.75 Å². The average molecular weight is 381 g/mol. The second-order valence-electron chi connectivity index (χ2n) is 7.38. The van der Waals surface area contributed by atoms with Crippen LogP contribution in [-0.2, 0) is 4.79 Å². The van der Waals surface area contributed by atoms with Crippen LogP contribution in [-0.4, -0.2) is 80.0 Å². The number of hydrogen-bond acceptors (Lipinski definition) is 6. The fourth-order valence-electron chi connectivity index (χ4n) is 3.91. The Morgan fingerprint density at radius 1 is 1.25 bits per heavy atom. The number of aryl methyl sites for hydroxylation is 1. The zero-order valence-electron chi connectivity index (χ0n) is 16.7. The first-order valence-corrected chi connectivity index (χ1v) is 9.65. The van der Waals surface area contributed by atoms with Gasteiger partial charge in [0.05, 0.1) is 13.2 Å². The molecule has 1 atom stereocenters. The first kappa shape index (κ1) is 18.6. The summed E-state index contributed by atoms with van der Waals surface area (Å²) < 4.78 is 5.44. The van der Waals surface area contributed by atoms with Gasteiger partial charge in [0, 0.05) is 63.6 Å². The van der Waals surface area contributed by atoms with E-state index in [0.717, 1.165) is 43.2 Å². The van der Waals surface area contributed by atoms with Crippen LogP contribution in [0.25, 0.3) is 0 Å². The molecule has 0 bridgehead atoms. The second kappa shape index (κ2) is 7.67. The van der Waals surface area contributed by atoms with E-state index in [0.29, 0.717) is 6.54 Å². The predicted molar refractivity (Wildman–Crippen MR) is 110 cm³/mol. The number of carbonyl (C=O) groups is 1. The second-order valence-corrected chi connectivity index (χ2v) is 7.38. The largest absolute Gasteiger partial charge is 0.496 e. The number of benzene rings is 1. The van der Waals surface area contributed by atoms with Crippen LogP contribution in [0.4, 0.5) is 5.69 Å². The number of piperazine rings is 1. The van der Waals surface area contributed by atoms with E-state index in [1.165, 1.54) is 5.57 Å². The van der Waals surface area contributed by atoms with Crippen molar-refractivity contribution in [3.8, 4) is 5.75 Å². The number of hydrogen-bond donors (Lipinski definition) is 0. The molecular weight excluding hydrogens is 354 g/mol. The molecule has 1 fully saturated rings. The summed E-state index contributed by atoms with van der Waals surface area (Å²) in [4.78, 5) is 21.3. The molecule has 0 saturated carbocycles. The molecule has 7 nitrogen and oxygen atoms in total. The van der Waals surface area contributed by atoms with Crippen molar-refractivity contribution >= 4 is 17.8 Å². The lowest BCUT2D eigenvalue weighted by molar-refractivity contribution is -0.135. The van der Waals surface area contributed by atoms with Crippen molar-refractivity contribution in [3.05, 3.63) is 47.8 Å². The number of carbonyl (C=O) groups excluding carboxylic acids is 1. The minimum Gasteiger partial charge on any atom is -0.496 e. The normalized spacial score (nSPS) is 21.8. The molecule has 3 heterocycles. The van der Waals surface area contributed by atoms with Gasteiger partial charge in [-0.2, -0.15) is 0 Å². The summed E-state index contributed by atoms with van der Waals surface area (Å²) in [6.07, 6.45) is 7.74. The fourth-order valence-corrected chi connectivity index (χ4v) is 3.91. The van der Waals surface area contributed by atoms with Crippen molar-refractivity contribution in [3.63, 3.8) is 0 Å². The molecule has 1 saturated heterocycles. The summed E-state index contributed by atoms with van der Waals surface area (Å²) in [5.74, 6) is 1.06. The summed E-state index contributed by atoms with van der Waals surface area (Å²) in [7, 11) is 3.69. The summed E-state index contributed by atoms with van der Waals surface area (Å²) in [5, 5.41) is 4.05. The number of ether oxygens (including phenoxy) is 1. The Kier molecular flexibility index (Phi) is 5.09. The third-order valence-electron chi connectivity index (χ3n) is 5.71. The number of aliphatic imine (C=N–C) groups is 1. The van der Waals surface area contributed by atoms with Crippen LogP contribution in [0.15, 0.2) is 47.2 Å². The van der Waals surface area contributed by atoms with Crippen molar-refractivity contribution in [2.24, 2.45) is 4.99 Å². The van der Waals surface area contributed by atoms with Crippen molar-refractivity contribution in [1.82, 2.24) is 14.9 Å². The summed E-state index contributed by atoms with van der Waals surface area (Å²) in [6, 6.07) is 6.41. The van der Waals surface area contributed by atoms with Crippen molar-refractivity contribution in [1.29, 1.82) is 0 Å². The Labute approximate surface area is 166 Å². The highest BCUT2D eigenvalue weighted by molar-refractivity contribution is 5.79. The van der Waals surface area contributed by atoms with Gasteiger partial charge in [-0.05, 0) is 30.2 Å². The predicted octanol–water partition coefficient (Wildman–Crippen LogP) is 1.67. The van der Waals surface area contributed by atoms with Gasteiger partial charge in [-0.25, -0.2) is 5.01 Å². The highest BCUT2D eigenvalue weighted by atomic mass is 16.5. The topological polar surface area (TPSA) is 51.6 Å². The van der Waals surface area contributed by atoms with E-state index in [1.54, 1.807) is 13.3 Å². The Morgan fingerprint density at radius 2 is 2.04 bits per heavy atom. The molecule has 1 amide bonds. The molecule has 3 aliphatic rings. The number of nitrogens with zero attached hydrogens (tertiary/aromatic N) is 5. The minimum absolute atomic E-state index is 0.131. The molecular formula is C21H27N5O2. The average Bonchev–Trinajstić information content (AvgIpc) is 3.04. The number of hydrazine groups is 1. The van der Waals surface area contributed by atoms with Crippen LogP contribution in [0.3, 0.4) is 0 Å². The van der Waals surface area contributed by atoms with Gasteiger partial charge in [-0.15, -0.1) is 0 Å². The molecule has 28 heavy (non-hydrogen) atoms. The van der Waals surface area contributed by atoms with Crippen molar-refractivity contribution in [2.45, 2.75) is 13.0 Å². The lowest BCUT2D eigenvalue weighted by atomic mass is 10.1. The SMILES string of the molecule is COc1cc(N2CCN(C(=O)CN3C=C4C=CN=CC4N3C)CC2)ccc1C.